The number of hydrogen-bond donors (Lipinski definition) is 0. The first-order valence-electron chi connectivity index (χ1n) is 5.01. The summed E-state index contributed by atoms with van der Waals surface area (Å²) in [5.74, 6) is 0. The molecule has 74 valence electrons. The van der Waals surface area contributed by atoms with Crippen LogP contribution < -0.4 is 0 Å². The fourth-order valence-electron chi connectivity index (χ4n) is 1.39. The molecule has 1 aromatic rings. The van der Waals surface area contributed by atoms with Gasteiger partial charge < -0.3 is 0 Å². The monoisotopic (exact) mass is 205 g/mol. The zero-order valence-corrected chi connectivity index (χ0v) is 9.09. The van der Waals surface area contributed by atoms with E-state index in [1.165, 1.54) is 24.8 Å². The number of aliphatic imine (C=N–C) groups is 1. The molecule has 1 nitrogen and oxygen atoms in total. The number of rotatable bonds is 6. The summed E-state index contributed by atoms with van der Waals surface area (Å²) in [6.07, 6.45) is 4.74. The summed E-state index contributed by atoms with van der Waals surface area (Å²) in [6, 6.07) is 10.6. The van der Waals surface area contributed by atoms with Crippen LogP contribution in [0.3, 0.4) is 0 Å². The quantitative estimate of drug-likeness (QED) is 0.393. The molecule has 0 saturated carbocycles. The second-order valence-electron chi connectivity index (χ2n) is 3.27. The predicted molar refractivity (Wildman–Crippen MR) is 63.9 cm³/mol. The molecule has 0 atom stereocenters. The van der Waals surface area contributed by atoms with Crippen LogP contribution in [0.15, 0.2) is 35.3 Å². The van der Waals surface area contributed by atoms with Crippen LogP contribution in [-0.4, -0.2) is 11.7 Å². The van der Waals surface area contributed by atoms with Crippen molar-refractivity contribution in [3.63, 3.8) is 0 Å². The molecule has 0 radical (unpaired) electrons. The van der Waals surface area contributed by atoms with Crippen molar-refractivity contribution in [2.24, 2.45) is 4.99 Å². The largest absolute Gasteiger partial charge is 0.233 e. The molecule has 0 aliphatic carbocycles. The molecule has 0 aliphatic heterocycles. The normalized spacial score (nSPS) is 9.43. The zero-order chi connectivity index (χ0) is 10.1. The van der Waals surface area contributed by atoms with Crippen molar-refractivity contribution in [2.75, 3.05) is 6.54 Å². The van der Waals surface area contributed by atoms with Crippen molar-refractivity contribution in [2.45, 2.75) is 25.7 Å². The van der Waals surface area contributed by atoms with Gasteiger partial charge in [-0.1, -0.05) is 36.8 Å². The number of aryl methyl sites for hydroxylation is 1. The summed E-state index contributed by atoms with van der Waals surface area (Å²) in [7, 11) is 0. The smallest absolute Gasteiger partial charge is 0.0584 e. The average molecular weight is 205 g/mol. The molecule has 0 unspecified atom stereocenters. The van der Waals surface area contributed by atoms with Crippen molar-refractivity contribution in [3.05, 3.63) is 35.9 Å². The lowest BCUT2D eigenvalue weighted by molar-refractivity contribution is 0.688. The van der Waals surface area contributed by atoms with Crippen molar-refractivity contribution in [1.29, 1.82) is 0 Å². The Labute approximate surface area is 90.9 Å². The molecular weight excluding hydrogens is 190 g/mol. The van der Waals surface area contributed by atoms with E-state index in [1.54, 1.807) is 0 Å². The molecule has 0 aliphatic rings. The van der Waals surface area contributed by atoms with E-state index in [2.05, 4.69) is 52.7 Å². The molecule has 0 amide bonds. The van der Waals surface area contributed by atoms with E-state index < -0.39 is 0 Å². The van der Waals surface area contributed by atoms with E-state index in [0.717, 1.165) is 13.0 Å². The molecule has 0 aromatic heterocycles. The summed E-state index contributed by atoms with van der Waals surface area (Å²) < 4.78 is 0. The third-order valence-corrected chi connectivity index (χ3v) is 2.27. The van der Waals surface area contributed by atoms with Crippen LogP contribution in [0.2, 0.25) is 0 Å². The molecule has 1 rings (SSSR count). The average Bonchev–Trinajstić information content (AvgIpc) is 2.25. The van der Waals surface area contributed by atoms with Crippen LogP contribution in [0.1, 0.15) is 24.8 Å². The molecule has 1 aromatic carbocycles. The lowest BCUT2D eigenvalue weighted by atomic mass is 10.1. The molecule has 14 heavy (non-hydrogen) atoms. The SMILES string of the molecule is S=C=NCCCCCc1ccccc1. The van der Waals surface area contributed by atoms with Gasteiger partial charge in [-0.25, -0.2) is 4.99 Å². The first-order chi connectivity index (χ1) is 6.93. The van der Waals surface area contributed by atoms with Gasteiger partial charge in [0.05, 0.1) is 5.16 Å². The van der Waals surface area contributed by atoms with Crippen molar-refractivity contribution in [1.82, 2.24) is 0 Å². The lowest BCUT2D eigenvalue weighted by Crippen LogP contribution is -1.86. The Morgan fingerprint density at radius 3 is 2.57 bits per heavy atom. The van der Waals surface area contributed by atoms with Crippen LogP contribution in [0.25, 0.3) is 0 Å². The molecular formula is C12H15NS. The maximum Gasteiger partial charge on any atom is 0.0584 e. The van der Waals surface area contributed by atoms with Crippen LogP contribution in [0.4, 0.5) is 0 Å². The second-order valence-corrected chi connectivity index (χ2v) is 3.45. The van der Waals surface area contributed by atoms with E-state index in [1.807, 2.05) is 0 Å². The number of unbranched alkanes of at least 4 members (excludes halogenated alkanes) is 2. The van der Waals surface area contributed by atoms with E-state index in [4.69, 9.17) is 0 Å². The summed E-state index contributed by atoms with van der Waals surface area (Å²) >= 11 is 4.49. The van der Waals surface area contributed by atoms with Gasteiger partial charge >= 0.3 is 0 Å². The Morgan fingerprint density at radius 2 is 1.86 bits per heavy atom. The second kappa shape index (κ2) is 7.43. The van der Waals surface area contributed by atoms with Gasteiger partial charge in [0, 0.05) is 6.54 Å². The van der Waals surface area contributed by atoms with Crippen molar-refractivity contribution < 1.29 is 0 Å². The van der Waals surface area contributed by atoms with E-state index in [0.29, 0.717) is 0 Å². The van der Waals surface area contributed by atoms with Crippen molar-refractivity contribution in [3.8, 4) is 0 Å². The van der Waals surface area contributed by atoms with E-state index in [9.17, 15) is 0 Å². The third-order valence-electron chi connectivity index (χ3n) is 2.14. The Bertz CT molecular complexity index is 288. The Balaban J connectivity index is 2.07. The minimum atomic E-state index is 0.832. The molecule has 0 saturated heterocycles. The van der Waals surface area contributed by atoms with Gasteiger partial charge in [0.15, 0.2) is 0 Å². The topological polar surface area (TPSA) is 12.4 Å². The highest BCUT2D eigenvalue weighted by molar-refractivity contribution is 7.78. The van der Waals surface area contributed by atoms with Gasteiger partial charge in [-0.2, -0.15) is 0 Å². The Kier molecular flexibility index (Phi) is 5.89. The number of benzene rings is 1. The first kappa shape index (κ1) is 11.1. The summed E-state index contributed by atoms with van der Waals surface area (Å²) in [5, 5.41) is 2.38. The summed E-state index contributed by atoms with van der Waals surface area (Å²) in [4.78, 5) is 3.88. The number of isothiocyanates is 1. The van der Waals surface area contributed by atoms with Crippen LogP contribution in [0.5, 0.6) is 0 Å². The molecule has 0 bridgehead atoms. The lowest BCUT2D eigenvalue weighted by Gasteiger charge is -1.99. The zero-order valence-electron chi connectivity index (χ0n) is 8.28. The Morgan fingerprint density at radius 1 is 1.07 bits per heavy atom. The Hall–Kier alpha value is -0.980. The van der Waals surface area contributed by atoms with E-state index in [-0.39, 0.29) is 0 Å². The highest BCUT2D eigenvalue weighted by atomic mass is 32.1. The van der Waals surface area contributed by atoms with E-state index >= 15 is 0 Å². The number of thiocarbonyl (C=S) groups is 1. The third kappa shape index (κ3) is 4.90. The molecule has 0 N–H and O–H groups in total. The van der Waals surface area contributed by atoms with Gasteiger partial charge in [0.2, 0.25) is 0 Å². The first-order valence-corrected chi connectivity index (χ1v) is 5.42. The minimum Gasteiger partial charge on any atom is -0.233 e. The highest BCUT2D eigenvalue weighted by Crippen LogP contribution is 2.05. The number of nitrogens with zero attached hydrogens (tertiary/aromatic N) is 1. The number of hydrogen-bond acceptors (Lipinski definition) is 2. The standard InChI is InChI=1S/C12H15NS/c14-11-13-10-6-2-5-9-12-7-3-1-4-8-12/h1,3-4,7-8H,2,5-6,9-10H2. The molecule has 2 heteroatoms. The van der Waals surface area contributed by atoms with Crippen molar-refractivity contribution >= 4 is 17.4 Å². The highest BCUT2D eigenvalue weighted by Gasteiger charge is 1.91. The van der Waals surface area contributed by atoms with Crippen LogP contribution in [-0.2, 0) is 6.42 Å². The molecule has 0 heterocycles. The van der Waals surface area contributed by atoms with Gasteiger partial charge in [0.1, 0.15) is 0 Å². The minimum absolute atomic E-state index is 0.832. The van der Waals surface area contributed by atoms with Gasteiger partial charge in [-0.05, 0) is 37.0 Å². The maximum atomic E-state index is 4.49. The summed E-state index contributed by atoms with van der Waals surface area (Å²) in [6.45, 7) is 0.832. The molecule has 0 spiro atoms. The summed E-state index contributed by atoms with van der Waals surface area (Å²) in [5.41, 5.74) is 1.42. The van der Waals surface area contributed by atoms with Crippen LogP contribution in [0, 0.1) is 0 Å². The van der Waals surface area contributed by atoms with Gasteiger partial charge in [-0.15, -0.1) is 0 Å². The van der Waals surface area contributed by atoms with Gasteiger partial charge in [0.25, 0.3) is 0 Å². The van der Waals surface area contributed by atoms with Crippen LogP contribution >= 0.6 is 12.2 Å². The fourth-order valence-corrected chi connectivity index (χ4v) is 1.48. The van der Waals surface area contributed by atoms with Gasteiger partial charge in [-0.3, -0.25) is 0 Å². The predicted octanol–water partition coefficient (Wildman–Crippen LogP) is 3.50. The fraction of sp³-hybridized carbons (Fsp3) is 0.417. The molecule has 0 fully saturated rings. The maximum absolute atomic E-state index is 4.49.